The summed E-state index contributed by atoms with van der Waals surface area (Å²) in [5.74, 6) is 0. The predicted molar refractivity (Wildman–Crippen MR) is 83.6 cm³/mol. The van der Waals surface area contributed by atoms with Gasteiger partial charge >= 0.3 is 0 Å². The highest BCUT2D eigenvalue weighted by Crippen LogP contribution is 2.40. The van der Waals surface area contributed by atoms with Gasteiger partial charge in [-0.05, 0) is 53.1 Å². The lowest BCUT2D eigenvalue weighted by atomic mass is 10.2. The van der Waals surface area contributed by atoms with Crippen molar-refractivity contribution in [3.8, 4) is 0 Å². The monoisotopic (exact) mass is 349 g/mol. The molecule has 0 N–H and O–H groups in total. The van der Waals surface area contributed by atoms with Crippen LogP contribution in [0.25, 0.3) is 0 Å². The van der Waals surface area contributed by atoms with E-state index in [1.54, 1.807) is 6.07 Å². The molecule has 0 aromatic carbocycles. The van der Waals surface area contributed by atoms with E-state index in [4.69, 9.17) is 16.0 Å². The minimum Gasteiger partial charge on any atom is -0.409 e. The van der Waals surface area contributed by atoms with Crippen LogP contribution in [0.2, 0.25) is 23.3 Å². The van der Waals surface area contributed by atoms with Crippen LogP contribution in [-0.4, -0.2) is 13.3 Å². The molecule has 2 nitrogen and oxygen atoms in total. The minimum absolute atomic E-state index is 0.0565. The quantitative estimate of drug-likeness (QED) is 0.524. The Morgan fingerprint density at radius 3 is 2.39 bits per heavy atom. The maximum absolute atomic E-state index is 6.31. The Balaban J connectivity index is 2.95. The number of hydrogen-bond donors (Lipinski definition) is 0. The fourth-order valence-electron chi connectivity index (χ4n) is 1.39. The second kappa shape index (κ2) is 5.61. The van der Waals surface area contributed by atoms with Gasteiger partial charge in [-0.15, -0.1) is 0 Å². The molecule has 102 valence electrons. The zero-order valence-corrected chi connectivity index (χ0v) is 15.2. The Labute approximate surface area is 124 Å². The average molecular weight is 351 g/mol. The Kier molecular flexibility index (Phi) is 5.04. The normalized spacial score (nSPS) is 14.7. The standard InChI is InChI=1S/C13H21BrClNOSi/c1-9(17-18(5,6)13(2,3)4)12-10(14)7-8-11(15)16-12/h7-9H,1-6H3/t9-/m1/s1. The third-order valence-electron chi connectivity index (χ3n) is 3.50. The third-order valence-corrected chi connectivity index (χ3v) is 8.94. The number of rotatable bonds is 3. The van der Waals surface area contributed by atoms with Crippen molar-refractivity contribution in [1.82, 2.24) is 4.98 Å². The second-order valence-electron chi connectivity index (χ2n) is 6.02. The summed E-state index contributed by atoms with van der Waals surface area (Å²) in [5, 5.41) is 0.686. The van der Waals surface area contributed by atoms with Crippen LogP contribution in [-0.2, 0) is 4.43 Å². The van der Waals surface area contributed by atoms with Gasteiger partial charge in [0.1, 0.15) is 5.15 Å². The number of hydrogen-bond acceptors (Lipinski definition) is 2. The molecule has 0 aliphatic heterocycles. The molecule has 0 saturated carbocycles. The number of aromatic nitrogens is 1. The first-order valence-electron chi connectivity index (χ1n) is 6.04. The minimum atomic E-state index is -1.79. The van der Waals surface area contributed by atoms with Crippen molar-refractivity contribution >= 4 is 35.8 Å². The van der Waals surface area contributed by atoms with E-state index < -0.39 is 8.32 Å². The molecule has 1 aromatic heterocycles. The second-order valence-corrected chi connectivity index (χ2v) is 12.0. The molecule has 0 aliphatic rings. The Morgan fingerprint density at radius 1 is 1.33 bits per heavy atom. The topological polar surface area (TPSA) is 22.1 Å². The van der Waals surface area contributed by atoms with Gasteiger partial charge in [0.2, 0.25) is 0 Å². The van der Waals surface area contributed by atoms with E-state index in [9.17, 15) is 0 Å². The summed E-state index contributed by atoms with van der Waals surface area (Å²) >= 11 is 9.45. The lowest BCUT2D eigenvalue weighted by Gasteiger charge is -2.38. The maximum atomic E-state index is 6.31. The van der Waals surface area contributed by atoms with E-state index in [0.717, 1.165) is 10.2 Å². The maximum Gasteiger partial charge on any atom is 0.192 e. The molecule has 1 heterocycles. The van der Waals surface area contributed by atoms with Gasteiger partial charge in [0.05, 0.1) is 11.8 Å². The van der Waals surface area contributed by atoms with Gasteiger partial charge in [0, 0.05) is 4.47 Å². The van der Waals surface area contributed by atoms with Crippen molar-refractivity contribution in [3.05, 3.63) is 27.5 Å². The predicted octanol–water partition coefficient (Wildman–Crippen LogP) is 5.58. The van der Waals surface area contributed by atoms with E-state index in [1.807, 2.05) is 13.0 Å². The van der Waals surface area contributed by atoms with Crippen LogP contribution < -0.4 is 0 Å². The van der Waals surface area contributed by atoms with Crippen LogP contribution in [0.5, 0.6) is 0 Å². The molecule has 0 radical (unpaired) electrons. The molecule has 5 heteroatoms. The van der Waals surface area contributed by atoms with E-state index in [1.165, 1.54) is 0 Å². The number of nitrogens with zero attached hydrogens (tertiary/aromatic N) is 1. The van der Waals surface area contributed by atoms with Gasteiger partial charge in [-0.25, -0.2) is 4.98 Å². The van der Waals surface area contributed by atoms with Gasteiger partial charge in [0.15, 0.2) is 8.32 Å². The molecule has 0 bridgehead atoms. The largest absolute Gasteiger partial charge is 0.409 e. The van der Waals surface area contributed by atoms with Crippen LogP contribution in [0.1, 0.15) is 39.5 Å². The summed E-state index contributed by atoms with van der Waals surface area (Å²) < 4.78 is 7.25. The summed E-state index contributed by atoms with van der Waals surface area (Å²) in [6.45, 7) is 13.2. The number of halogens is 2. The van der Waals surface area contributed by atoms with Gasteiger partial charge in [-0.1, -0.05) is 32.4 Å². The molecule has 0 amide bonds. The average Bonchev–Trinajstić information content (AvgIpc) is 2.19. The van der Waals surface area contributed by atoms with Crippen molar-refractivity contribution < 1.29 is 4.43 Å². The lowest BCUT2D eigenvalue weighted by molar-refractivity contribution is 0.197. The Bertz CT molecular complexity index is 431. The first kappa shape index (κ1) is 16.2. The van der Waals surface area contributed by atoms with Gasteiger partial charge < -0.3 is 4.43 Å². The Morgan fingerprint density at radius 2 is 1.89 bits per heavy atom. The molecule has 1 rings (SSSR count). The van der Waals surface area contributed by atoms with Crippen LogP contribution in [0, 0.1) is 0 Å². The van der Waals surface area contributed by atoms with Gasteiger partial charge in [-0.2, -0.15) is 0 Å². The number of pyridine rings is 1. The summed E-state index contributed by atoms with van der Waals surface area (Å²) in [4.78, 5) is 4.35. The summed E-state index contributed by atoms with van der Waals surface area (Å²) in [5.41, 5.74) is 0.868. The first-order chi connectivity index (χ1) is 8.04. The van der Waals surface area contributed by atoms with E-state index in [-0.39, 0.29) is 11.1 Å². The SMILES string of the molecule is C[C@@H](O[Si](C)(C)C(C)(C)C)c1nc(Cl)ccc1Br. The highest BCUT2D eigenvalue weighted by molar-refractivity contribution is 9.10. The molecular formula is C13H21BrClNOSi. The van der Waals surface area contributed by atoms with Crippen molar-refractivity contribution in [2.24, 2.45) is 0 Å². The molecule has 18 heavy (non-hydrogen) atoms. The summed E-state index contributed by atoms with van der Waals surface area (Å²) in [7, 11) is -1.79. The molecular weight excluding hydrogens is 330 g/mol. The molecule has 0 fully saturated rings. The fourth-order valence-corrected chi connectivity index (χ4v) is 3.44. The molecule has 0 saturated heterocycles. The third kappa shape index (κ3) is 3.79. The summed E-state index contributed by atoms with van der Waals surface area (Å²) in [6, 6.07) is 3.68. The zero-order valence-electron chi connectivity index (χ0n) is 11.8. The van der Waals surface area contributed by atoms with Crippen molar-refractivity contribution in [2.45, 2.75) is 51.9 Å². The lowest BCUT2D eigenvalue weighted by Crippen LogP contribution is -2.41. The van der Waals surface area contributed by atoms with E-state index >= 15 is 0 Å². The first-order valence-corrected chi connectivity index (χ1v) is 10.1. The van der Waals surface area contributed by atoms with Gasteiger partial charge in [-0.3, -0.25) is 0 Å². The Hall–Kier alpha value is 0.0969. The van der Waals surface area contributed by atoms with Crippen molar-refractivity contribution in [2.75, 3.05) is 0 Å². The fraction of sp³-hybridized carbons (Fsp3) is 0.615. The highest BCUT2D eigenvalue weighted by Gasteiger charge is 2.39. The molecule has 1 aromatic rings. The van der Waals surface area contributed by atoms with Crippen molar-refractivity contribution in [3.63, 3.8) is 0 Å². The molecule has 1 atom stereocenters. The van der Waals surface area contributed by atoms with Crippen LogP contribution in [0.3, 0.4) is 0 Å². The summed E-state index contributed by atoms with van der Waals surface area (Å²) in [6.07, 6.45) is -0.0565. The highest BCUT2D eigenvalue weighted by atomic mass is 79.9. The zero-order chi connectivity index (χ0) is 14.1. The van der Waals surface area contributed by atoms with Crippen LogP contribution >= 0.6 is 27.5 Å². The molecule has 0 unspecified atom stereocenters. The van der Waals surface area contributed by atoms with E-state index in [0.29, 0.717) is 5.15 Å². The van der Waals surface area contributed by atoms with Crippen LogP contribution in [0.4, 0.5) is 0 Å². The van der Waals surface area contributed by atoms with E-state index in [2.05, 4.69) is 54.8 Å². The molecule has 0 spiro atoms. The van der Waals surface area contributed by atoms with Crippen molar-refractivity contribution in [1.29, 1.82) is 0 Å². The van der Waals surface area contributed by atoms with Gasteiger partial charge in [0.25, 0.3) is 0 Å². The van der Waals surface area contributed by atoms with Crippen LogP contribution in [0.15, 0.2) is 16.6 Å². The smallest absolute Gasteiger partial charge is 0.192 e. The molecule has 0 aliphatic carbocycles.